The van der Waals surface area contributed by atoms with Gasteiger partial charge in [-0.15, -0.1) is 0 Å². The van der Waals surface area contributed by atoms with Crippen LogP contribution in [0, 0.1) is 0 Å². The molecule has 168 valence electrons. The van der Waals surface area contributed by atoms with E-state index in [4.69, 9.17) is 15.5 Å². The van der Waals surface area contributed by atoms with E-state index in [1.807, 2.05) is 66.7 Å². The van der Waals surface area contributed by atoms with E-state index in [2.05, 4.69) is 52.4 Å². The van der Waals surface area contributed by atoms with Crippen LogP contribution in [0.3, 0.4) is 0 Å². The highest BCUT2D eigenvalue weighted by molar-refractivity contribution is 5.93. The van der Waals surface area contributed by atoms with Crippen molar-refractivity contribution in [1.29, 1.82) is 0 Å². The summed E-state index contributed by atoms with van der Waals surface area (Å²) >= 11 is 0. The molecule has 0 radical (unpaired) electrons. The molecule has 2 aromatic heterocycles. The molecule has 0 spiro atoms. The molecular formula is C30H22N4O. The highest BCUT2D eigenvalue weighted by Gasteiger charge is 2.12. The quantitative estimate of drug-likeness (QED) is 0.315. The number of hydrogen-bond donors (Lipinski definition) is 1. The van der Waals surface area contributed by atoms with Crippen LogP contribution in [0.25, 0.3) is 44.3 Å². The van der Waals surface area contributed by atoms with E-state index in [1.165, 1.54) is 0 Å². The van der Waals surface area contributed by atoms with Crippen molar-refractivity contribution >= 4 is 27.8 Å². The molecule has 0 aliphatic rings. The lowest BCUT2D eigenvalue weighted by atomic mass is 10.0. The van der Waals surface area contributed by atoms with E-state index in [0.717, 1.165) is 55.6 Å². The van der Waals surface area contributed by atoms with Crippen molar-refractivity contribution in [1.82, 2.24) is 15.0 Å². The van der Waals surface area contributed by atoms with Crippen molar-refractivity contribution in [2.75, 3.05) is 5.73 Å². The number of hydrogen-bond acceptors (Lipinski definition) is 5. The zero-order valence-electron chi connectivity index (χ0n) is 18.9. The van der Waals surface area contributed by atoms with Crippen LogP contribution in [-0.2, 0) is 6.61 Å². The highest BCUT2D eigenvalue weighted by Crippen LogP contribution is 2.30. The van der Waals surface area contributed by atoms with Gasteiger partial charge in [-0.25, -0.2) is 15.0 Å². The monoisotopic (exact) mass is 454 g/mol. The van der Waals surface area contributed by atoms with Gasteiger partial charge in [0.05, 0.1) is 11.2 Å². The summed E-state index contributed by atoms with van der Waals surface area (Å²) in [4.78, 5) is 13.8. The molecule has 5 heteroatoms. The lowest BCUT2D eigenvalue weighted by Crippen LogP contribution is -2.00. The van der Waals surface area contributed by atoms with E-state index >= 15 is 0 Å². The summed E-state index contributed by atoms with van der Waals surface area (Å²) in [7, 11) is 0. The van der Waals surface area contributed by atoms with Gasteiger partial charge in [0.25, 0.3) is 0 Å². The fourth-order valence-electron chi connectivity index (χ4n) is 4.20. The minimum absolute atomic E-state index is 0.238. The molecule has 0 fully saturated rings. The summed E-state index contributed by atoms with van der Waals surface area (Å²) in [5.41, 5.74) is 12.1. The van der Waals surface area contributed by atoms with Crippen LogP contribution < -0.4 is 10.5 Å². The molecule has 4 aromatic carbocycles. The first kappa shape index (κ1) is 20.8. The van der Waals surface area contributed by atoms with Crippen LogP contribution in [0.5, 0.6) is 5.75 Å². The lowest BCUT2D eigenvalue weighted by Gasteiger charge is -2.10. The molecule has 2 N–H and O–H groups in total. The largest absolute Gasteiger partial charge is 0.489 e. The van der Waals surface area contributed by atoms with Gasteiger partial charge in [-0.1, -0.05) is 78.9 Å². The number of fused-ring (bicyclic) bond motifs is 2. The summed E-state index contributed by atoms with van der Waals surface area (Å²) < 4.78 is 5.99. The molecule has 0 aliphatic carbocycles. The number of anilines is 1. The van der Waals surface area contributed by atoms with Gasteiger partial charge in [-0.3, -0.25) is 0 Å². The first-order valence-corrected chi connectivity index (χ1v) is 11.4. The normalized spacial score (nSPS) is 11.1. The van der Waals surface area contributed by atoms with Gasteiger partial charge in [0.15, 0.2) is 0 Å². The average Bonchev–Trinajstić information content (AvgIpc) is 2.92. The second-order valence-electron chi connectivity index (χ2n) is 8.36. The van der Waals surface area contributed by atoms with Crippen molar-refractivity contribution in [3.05, 3.63) is 115 Å². The predicted octanol–water partition coefficient (Wildman–Crippen LogP) is 6.67. The van der Waals surface area contributed by atoms with Crippen molar-refractivity contribution in [3.8, 4) is 28.3 Å². The van der Waals surface area contributed by atoms with Gasteiger partial charge in [0.1, 0.15) is 23.6 Å². The summed E-state index contributed by atoms with van der Waals surface area (Å²) in [6, 6.07) is 36.5. The van der Waals surface area contributed by atoms with Gasteiger partial charge < -0.3 is 10.5 Å². The minimum atomic E-state index is 0.238. The lowest BCUT2D eigenvalue weighted by molar-refractivity contribution is 0.306. The Morgan fingerprint density at radius 3 is 2.20 bits per heavy atom. The zero-order chi connectivity index (χ0) is 23.6. The zero-order valence-corrected chi connectivity index (χ0v) is 18.9. The fourth-order valence-corrected chi connectivity index (χ4v) is 4.20. The van der Waals surface area contributed by atoms with Crippen LogP contribution in [-0.4, -0.2) is 15.0 Å². The average molecular weight is 455 g/mol. The maximum absolute atomic E-state index is 5.99. The predicted molar refractivity (Wildman–Crippen MR) is 141 cm³/mol. The molecule has 0 unspecified atom stereocenters. The first-order chi connectivity index (χ1) is 17.2. The maximum Gasteiger partial charge on any atom is 0.221 e. The third-order valence-corrected chi connectivity index (χ3v) is 5.96. The third-order valence-electron chi connectivity index (χ3n) is 5.96. The van der Waals surface area contributed by atoms with Gasteiger partial charge in [-0.2, -0.15) is 0 Å². The summed E-state index contributed by atoms with van der Waals surface area (Å²) in [5.74, 6) is 1.09. The number of nitrogens with two attached hydrogens (primary N) is 1. The van der Waals surface area contributed by atoms with Gasteiger partial charge in [0.2, 0.25) is 5.95 Å². The van der Waals surface area contributed by atoms with E-state index in [-0.39, 0.29) is 5.95 Å². The van der Waals surface area contributed by atoms with Gasteiger partial charge in [0, 0.05) is 11.1 Å². The molecule has 0 bridgehead atoms. The summed E-state index contributed by atoms with van der Waals surface area (Å²) in [6.07, 6.45) is 0. The van der Waals surface area contributed by atoms with Crippen LogP contribution in [0.1, 0.15) is 5.56 Å². The number of ether oxygens (including phenoxy) is 1. The molecule has 35 heavy (non-hydrogen) atoms. The van der Waals surface area contributed by atoms with Crippen molar-refractivity contribution in [2.24, 2.45) is 0 Å². The van der Waals surface area contributed by atoms with Crippen LogP contribution in [0.2, 0.25) is 0 Å². The third kappa shape index (κ3) is 4.27. The van der Waals surface area contributed by atoms with E-state index in [1.54, 1.807) is 0 Å². The van der Waals surface area contributed by atoms with Crippen LogP contribution in [0.15, 0.2) is 109 Å². The number of aromatic nitrogens is 3. The van der Waals surface area contributed by atoms with E-state index in [0.29, 0.717) is 6.61 Å². The Bertz CT molecular complexity index is 1650. The Morgan fingerprint density at radius 1 is 0.629 bits per heavy atom. The molecule has 0 saturated carbocycles. The second-order valence-corrected chi connectivity index (χ2v) is 8.36. The SMILES string of the molecule is Nc1nc(-c2ccccc2)c2nc(-c3ccc4cc(OCc5ccccc5)ccc4c3)ccc2n1. The topological polar surface area (TPSA) is 73.9 Å². The summed E-state index contributed by atoms with van der Waals surface area (Å²) in [5, 5.41) is 2.23. The Hall–Kier alpha value is -4.77. The molecule has 0 amide bonds. The Balaban J connectivity index is 1.34. The molecule has 5 nitrogen and oxygen atoms in total. The summed E-state index contributed by atoms with van der Waals surface area (Å²) in [6.45, 7) is 0.543. The van der Waals surface area contributed by atoms with Gasteiger partial charge in [-0.05, 0) is 46.7 Å². The number of nitrogen functional groups attached to an aromatic ring is 1. The molecule has 0 aliphatic heterocycles. The molecule has 6 aromatic rings. The molecular weight excluding hydrogens is 432 g/mol. The van der Waals surface area contributed by atoms with Crippen molar-refractivity contribution in [3.63, 3.8) is 0 Å². The number of benzene rings is 4. The second kappa shape index (κ2) is 8.88. The molecule has 0 atom stereocenters. The van der Waals surface area contributed by atoms with Crippen LogP contribution >= 0.6 is 0 Å². The Morgan fingerprint density at radius 2 is 1.37 bits per heavy atom. The Labute approximate surface area is 202 Å². The molecule has 6 rings (SSSR count). The minimum Gasteiger partial charge on any atom is -0.489 e. The van der Waals surface area contributed by atoms with Gasteiger partial charge >= 0.3 is 0 Å². The smallest absolute Gasteiger partial charge is 0.221 e. The highest BCUT2D eigenvalue weighted by atomic mass is 16.5. The molecule has 2 heterocycles. The first-order valence-electron chi connectivity index (χ1n) is 11.4. The van der Waals surface area contributed by atoms with Crippen LogP contribution in [0.4, 0.5) is 5.95 Å². The number of rotatable bonds is 5. The van der Waals surface area contributed by atoms with Crippen molar-refractivity contribution in [2.45, 2.75) is 6.61 Å². The maximum atomic E-state index is 5.99. The molecule has 0 saturated heterocycles. The fraction of sp³-hybridized carbons (Fsp3) is 0.0333. The Kier molecular flexibility index (Phi) is 5.28. The standard InChI is InChI=1S/C30H22N4O/c31-30-33-27-16-15-26(32-29(27)28(34-30)21-9-5-2-6-10-21)24-12-11-23-18-25(14-13-22(23)17-24)35-19-20-7-3-1-4-8-20/h1-18H,19H2,(H2,31,33,34). The number of nitrogens with zero attached hydrogens (tertiary/aromatic N) is 3. The van der Waals surface area contributed by atoms with E-state index in [9.17, 15) is 0 Å². The number of pyridine rings is 1. The van der Waals surface area contributed by atoms with E-state index < -0.39 is 0 Å². The van der Waals surface area contributed by atoms with Crippen molar-refractivity contribution < 1.29 is 4.74 Å².